The molecule has 1 aliphatic heterocycles. The number of nitrogens with zero attached hydrogens (tertiary/aromatic N) is 5. The summed E-state index contributed by atoms with van der Waals surface area (Å²) in [5.74, 6) is 0.530. The van der Waals surface area contributed by atoms with Gasteiger partial charge in [0, 0.05) is 49.8 Å². The smallest absolute Gasteiger partial charge is 0.234 e. The molecule has 2 aromatic heterocycles. The zero-order valence-electron chi connectivity index (χ0n) is 29.1. The summed E-state index contributed by atoms with van der Waals surface area (Å²) in [4.78, 5) is 14.4. The van der Waals surface area contributed by atoms with Crippen LogP contribution in [0.1, 0.15) is 25.8 Å². The molecule has 0 N–H and O–H groups in total. The molecule has 0 saturated carbocycles. The summed E-state index contributed by atoms with van der Waals surface area (Å²) in [6, 6.07) is 38.9. The van der Waals surface area contributed by atoms with Crippen molar-refractivity contribution in [1.82, 2.24) is 9.13 Å². The van der Waals surface area contributed by atoms with Crippen LogP contribution in [-0.4, -0.2) is 28.4 Å². The van der Waals surface area contributed by atoms with E-state index in [9.17, 15) is 0 Å². The van der Waals surface area contributed by atoms with Crippen LogP contribution in [0.4, 0.5) is 5.69 Å². The Hall–Kier alpha value is -5.85. The third-order valence-electron chi connectivity index (χ3n) is 9.39. The standard InChI is InChI=1S/C43H33N5S.C2H6/c1-29-22-25-36-34(28-29)33-24-23-32-31-16-9-10-17-35(31)48(42(32)41(33)47(36)30-14-5-3-6-15-30)43(44-2)45-26-13-27-46-37-18-7-4-8-20-39(37)49-40-21-12-11-19-38(40)46;1-2/h3,5-26,28H,2,4,27H2,1H3;1-2H3/b26-13-,45-43?;. The first kappa shape index (κ1) is 32.4. The van der Waals surface area contributed by atoms with Crippen molar-refractivity contribution in [2.75, 3.05) is 11.4 Å². The first-order valence-corrected chi connectivity index (χ1v) is 18.4. The molecule has 7 aromatic rings. The summed E-state index contributed by atoms with van der Waals surface area (Å²) in [6.45, 7) is 10.9. The second-order valence-corrected chi connectivity index (χ2v) is 13.4. The van der Waals surface area contributed by atoms with E-state index in [1.807, 2.05) is 31.8 Å². The van der Waals surface area contributed by atoms with Gasteiger partial charge < -0.3 is 9.47 Å². The van der Waals surface area contributed by atoms with Crippen LogP contribution in [0.25, 0.3) is 49.3 Å². The molecule has 5 nitrogen and oxygen atoms in total. The Morgan fingerprint density at radius 3 is 2.35 bits per heavy atom. The SMILES string of the molecule is C=NC(=N/C=C\CN1C2=C(C=CCC=C2)Sc2ccccc21)n1c2ccccc2c2ccc3c4cc(C)ccc4n(-c4ccccc4)c3c21.CC. The molecule has 1 aliphatic carbocycles. The van der Waals surface area contributed by atoms with E-state index < -0.39 is 0 Å². The van der Waals surface area contributed by atoms with Gasteiger partial charge in [-0.15, -0.1) is 0 Å². The molecule has 250 valence electrons. The number of anilines is 1. The van der Waals surface area contributed by atoms with Crippen LogP contribution in [0.2, 0.25) is 0 Å². The molecule has 2 aliphatic rings. The highest BCUT2D eigenvalue weighted by Crippen LogP contribution is 2.45. The van der Waals surface area contributed by atoms with E-state index in [0.717, 1.165) is 44.9 Å². The predicted octanol–water partition coefficient (Wildman–Crippen LogP) is 12.0. The largest absolute Gasteiger partial charge is 0.336 e. The van der Waals surface area contributed by atoms with Crippen LogP contribution in [0.15, 0.2) is 171 Å². The molecular formula is C45H39N5S. The molecule has 0 fully saturated rings. The lowest BCUT2D eigenvalue weighted by molar-refractivity contribution is 1.01. The summed E-state index contributed by atoms with van der Waals surface area (Å²) in [5.41, 5.74) is 9.14. The van der Waals surface area contributed by atoms with Gasteiger partial charge in [0.05, 0.1) is 33.5 Å². The van der Waals surface area contributed by atoms with Crippen molar-refractivity contribution in [3.05, 3.63) is 162 Å². The minimum atomic E-state index is 0.530. The van der Waals surface area contributed by atoms with Crippen LogP contribution in [0.5, 0.6) is 0 Å². The second kappa shape index (κ2) is 13.8. The zero-order chi connectivity index (χ0) is 34.9. The van der Waals surface area contributed by atoms with Gasteiger partial charge in [0.1, 0.15) is 0 Å². The van der Waals surface area contributed by atoms with Gasteiger partial charge >= 0.3 is 0 Å². The lowest BCUT2D eigenvalue weighted by Crippen LogP contribution is -2.25. The van der Waals surface area contributed by atoms with Gasteiger partial charge in [0.25, 0.3) is 0 Å². The Labute approximate surface area is 302 Å². The Balaban J connectivity index is 0.00000184. The fourth-order valence-electron chi connectivity index (χ4n) is 7.28. The van der Waals surface area contributed by atoms with Crippen molar-refractivity contribution >= 4 is 73.7 Å². The number of aliphatic imine (C=N–C) groups is 2. The van der Waals surface area contributed by atoms with Gasteiger partial charge in [-0.1, -0.05) is 110 Å². The summed E-state index contributed by atoms with van der Waals surface area (Å²) >= 11 is 1.83. The average Bonchev–Trinajstić information content (AvgIpc) is 3.57. The minimum absolute atomic E-state index is 0.530. The molecule has 0 atom stereocenters. The molecule has 9 rings (SSSR count). The maximum atomic E-state index is 5.01. The quantitative estimate of drug-likeness (QED) is 0.137. The van der Waals surface area contributed by atoms with E-state index in [4.69, 9.17) is 4.99 Å². The molecule has 0 radical (unpaired) electrons. The van der Waals surface area contributed by atoms with Crippen LogP contribution < -0.4 is 4.90 Å². The normalized spacial score (nSPS) is 14.3. The van der Waals surface area contributed by atoms with Gasteiger partial charge in [0.15, 0.2) is 0 Å². The van der Waals surface area contributed by atoms with E-state index in [-0.39, 0.29) is 0 Å². The third-order valence-corrected chi connectivity index (χ3v) is 10.5. The number of rotatable bonds is 4. The Bertz CT molecular complexity index is 2610. The van der Waals surface area contributed by atoms with Gasteiger partial charge in [-0.2, -0.15) is 0 Å². The molecule has 3 heterocycles. The Kier molecular flexibility index (Phi) is 8.76. The molecule has 0 saturated heterocycles. The monoisotopic (exact) mass is 681 g/mol. The summed E-state index contributed by atoms with van der Waals surface area (Å²) in [5, 5.41) is 4.71. The van der Waals surface area contributed by atoms with Crippen molar-refractivity contribution in [2.24, 2.45) is 9.98 Å². The lowest BCUT2D eigenvalue weighted by atomic mass is 10.1. The van der Waals surface area contributed by atoms with Gasteiger partial charge in [-0.25, -0.2) is 9.98 Å². The van der Waals surface area contributed by atoms with Gasteiger partial charge in [0.2, 0.25) is 5.96 Å². The zero-order valence-corrected chi connectivity index (χ0v) is 29.9. The van der Waals surface area contributed by atoms with Gasteiger partial charge in [-0.05, 0) is 80.8 Å². The highest BCUT2D eigenvalue weighted by Gasteiger charge is 2.24. The van der Waals surface area contributed by atoms with E-state index in [2.05, 4.69) is 172 Å². The Morgan fingerprint density at radius 1 is 0.765 bits per heavy atom. The molecule has 0 spiro atoms. The maximum Gasteiger partial charge on any atom is 0.234 e. The fourth-order valence-corrected chi connectivity index (χ4v) is 8.39. The average molecular weight is 682 g/mol. The summed E-state index contributed by atoms with van der Waals surface area (Å²) in [6.07, 6.45) is 13.8. The number of benzene rings is 5. The first-order chi connectivity index (χ1) is 25.2. The van der Waals surface area contributed by atoms with Crippen molar-refractivity contribution in [2.45, 2.75) is 32.1 Å². The highest BCUT2D eigenvalue weighted by molar-refractivity contribution is 8.03. The molecule has 6 heteroatoms. The number of para-hydroxylation sites is 3. The third kappa shape index (κ3) is 5.53. The van der Waals surface area contributed by atoms with Crippen LogP contribution in [0.3, 0.4) is 0 Å². The van der Waals surface area contributed by atoms with Crippen LogP contribution in [0, 0.1) is 6.92 Å². The first-order valence-electron chi connectivity index (χ1n) is 17.6. The summed E-state index contributed by atoms with van der Waals surface area (Å²) in [7, 11) is 0. The number of fused-ring (bicyclic) bond motifs is 8. The van der Waals surface area contributed by atoms with Crippen LogP contribution in [-0.2, 0) is 0 Å². The number of hydrogen-bond donors (Lipinski definition) is 0. The molecule has 0 bridgehead atoms. The van der Waals surface area contributed by atoms with E-state index in [1.165, 1.54) is 37.5 Å². The van der Waals surface area contributed by atoms with Crippen molar-refractivity contribution in [1.29, 1.82) is 0 Å². The molecular weight excluding hydrogens is 643 g/mol. The van der Waals surface area contributed by atoms with E-state index >= 15 is 0 Å². The topological polar surface area (TPSA) is 37.8 Å². The highest BCUT2D eigenvalue weighted by atomic mass is 32.2. The van der Waals surface area contributed by atoms with Crippen molar-refractivity contribution in [3.63, 3.8) is 0 Å². The van der Waals surface area contributed by atoms with Gasteiger partial charge in [-0.3, -0.25) is 4.57 Å². The van der Waals surface area contributed by atoms with Crippen molar-refractivity contribution < 1.29 is 0 Å². The van der Waals surface area contributed by atoms with Crippen LogP contribution >= 0.6 is 11.8 Å². The molecule has 0 amide bonds. The van der Waals surface area contributed by atoms with Crippen molar-refractivity contribution in [3.8, 4) is 5.69 Å². The lowest BCUT2D eigenvalue weighted by Gasteiger charge is -2.32. The maximum absolute atomic E-state index is 5.01. The molecule has 0 unspecified atom stereocenters. The molecule has 5 aromatic carbocycles. The number of allylic oxidation sites excluding steroid dienone is 4. The molecule has 51 heavy (non-hydrogen) atoms. The Morgan fingerprint density at radius 2 is 1.51 bits per heavy atom. The predicted molar refractivity (Wildman–Crippen MR) is 221 cm³/mol. The van der Waals surface area contributed by atoms with E-state index in [1.54, 1.807) is 0 Å². The second-order valence-electron chi connectivity index (χ2n) is 12.3. The summed E-state index contributed by atoms with van der Waals surface area (Å²) < 4.78 is 4.56. The number of aromatic nitrogens is 2. The van der Waals surface area contributed by atoms with E-state index in [0.29, 0.717) is 12.5 Å². The minimum Gasteiger partial charge on any atom is -0.336 e. The number of hydrogen-bond acceptors (Lipinski definition) is 3. The number of aryl methyl sites for hydroxylation is 1. The number of thioether (sulfide) groups is 1. The fraction of sp³-hybridized carbons (Fsp3) is 0.111.